The van der Waals surface area contributed by atoms with E-state index < -0.39 is 0 Å². The molecule has 0 N–H and O–H groups in total. The number of hydrogen-bond donors (Lipinski definition) is 0. The van der Waals surface area contributed by atoms with Crippen LogP contribution in [0.4, 0.5) is 0 Å². The first-order valence-corrected chi connectivity index (χ1v) is 6.61. The van der Waals surface area contributed by atoms with Crippen molar-refractivity contribution in [3.63, 3.8) is 0 Å². The van der Waals surface area contributed by atoms with Crippen molar-refractivity contribution < 1.29 is 4.79 Å². The van der Waals surface area contributed by atoms with E-state index in [0.29, 0.717) is 10.9 Å². The standard InChI is InChI=1S/C11H17N3OS/c1-3-9-6-4-5-7-14(9)11(15)10-8(2)12-13-16-10/h9H,3-7H2,1-2H3/t9-/m1/s1. The molecule has 4 nitrogen and oxygen atoms in total. The van der Waals surface area contributed by atoms with E-state index in [1.165, 1.54) is 18.0 Å². The van der Waals surface area contributed by atoms with Gasteiger partial charge in [-0.05, 0) is 44.1 Å². The SMILES string of the molecule is CC[C@@H]1CCCCN1C(=O)c1snnc1C. The Morgan fingerprint density at radius 1 is 1.56 bits per heavy atom. The van der Waals surface area contributed by atoms with Crippen molar-refractivity contribution in [3.05, 3.63) is 10.6 Å². The van der Waals surface area contributed by atoms with Gasteiger partial charge in [-0.2, -0.15) is 0 Å². The third-order valence-corrected chi connectivity index (χ3v) is 4.02. The second kappa shape index (κ2) is 4.91. The number of aromatic nitrogens is 2. The fourth-order valence-electron chi connectivity index (χ4n) is 2.25. The van der Waals surface area contributed by atoms with Crippen molar-refractivity contribution in [1.29, 1.82) is 0 Å². The van der Waals surface area contributed by atoms with E-state index >= 15 is 0 Å². The number of rotatable bonds is 2. The topological polar surface area (TPSA) is 46.1 Å². The van der Waals surface area contributed by atoms with Gasteiger partial charge in [-0.1, -0.05) is 11.4 Å². The monoisotopic (exact) mass is 239 g/mol. The van der Waals surface area contributed by atoms with Crippen molar-refractivity contribution in [2.75, 3.05) is 6.54 Å². The Bertz CT molecular complexity index is 377. The molecule has 2 heterocycles. The number of piperidine rings is 1. The summed E-state index contributed by atoms with van der Waals surface area (Å²) < 4.78 is 3.83. The quantitative estimate of drug-likeness (QED) is 0.795. The highest BCUT2D eigenvalue weighted by atomic mass is 32.1. The van der Waals surface area contributed by atoms with Gasteiger partial charge in [0, 0.05) is 12.6 Å². The van der Waals surface area contributed by atoms with Crippen LogP contribution < -0.4 is 0 Å². The molecule has 1 aliphatic rings. The minimum atomic E-state index is 0.124. The normalized spacial score (nSPS) is 21.1. The van der Waals surface area contributed by atoms with Crippen LogP contribution in [-0.4, -0.2) is 33.0 Å². The van der Waals surface area contributed by atoms with Crippen molar-refractivity contribution in [3.8, 4) is 0 Å². The number of aryl methyl sites for hydroxylation is 1. The lowest BCUT2D eigenvalue weighted by Crippen LogP contribution is -2.43. The van der Waals surface area contributed by atoms with Crippen LogP contribution >= 0.6 is 11.5 Å². The zero-order valence-corrected chi connectivity index (χ0v) is 10.6. The maximum Gasteiger partial charge on any atom is 0.267 e. The molecule has 0 saturated carbocycles. The van der Waals surface area contributed by atoms with Crippen molar-refractivity contribution in [1.82, 2.24) is 14.5 Å². The Kier molecular flexibility index (Phi) is 3.53. The zero-order chi connectivity index (χ0) is 11.5. The van der Waals surface area contributed by atoms with E-state index in [-0.39, 0.29) is 5.91 Å². The summed E-state index contributed by atoms with van der Waals surface area (Å²) in [5, 5.41) is 3.90. The molecule has 88 valence electrons. The first-order valence-electron chi connectivity index (χ1n) is 5.84. The summed E-state index contributed by atoms with van der Waals surface area (Å²) in [5.74, 6) is 0.124. The lowest BCUT2D eigenvalue weighted by Gasteiger charge is -2.34. The van der Waals surface area contributed by atoms with Crippen LogP contribution in [0, 0.1) is 6.92 Å². The van der Waals surface area contributed by atoms with E-state index in [9.17, 15) is 4.79 Å². The van der Waals surface area contributed by atoms with Crippen molar-refractivity contribution in [2.45, 2.75) is 45.6 Å². The molecule has 1 aromatic rings. The zero-order valence-electron chi connectivity index (χ0n) is 9.77. The minimum absolute atomic E-state index is 0.124. The van der Waals surface area contributed by atoms with Crippen LogP contribution in [0.5, 0.6) is 0 Å². The Balaban J connectivity index is 2.17. The molecule has 0 aliphatic carbocycles. The van der Waals surface area contributed by atoms with Gasteiger partial charge in [-0.15, -0.1) is 5.10 Å². The number of amides is 1. The van der Waals surface area contributed by atoms with E-state index in [1.54, 1.807) is 0 Å². The van der Waals surface area contributed by atoms with E-state index in [0.717, 1.165) is 31.5 Å². The Labute approximate surface area is 99.8 Å². The van der Waals surface area contributed by atoms with Crippen molar-refractivity contribution >= 4 is 17.4 Å². The maximum atomic E-state index is 12.3. The summed E-state index contributed by atoms with van der Waals surface area (Å²) in [6, 6.07) is 0.405. The predicted octanol–water partition coefficient (Wildman–Crippen LogP) is 2.25. The molecule has 1 aromatic heterocycles. The number of carbonyl (C=O) groups is 1. The first kappa shape index (κ1) is 11.5. The largest absolute Gasteiger partial charge is 0.335 e. The highest BCUT2D eigenvalue weighted by Crippen LogP contribution is 2.23. The highest BCUT2D eigenvalue weighted by Gasteiger charge is 2.28. The molecule has 0 bridgehead atoms. The van der Waals surface area contributed by atoms with Crippen LogP contribution in [0.2, 0.25) is 0 Å². The summed E-state index contributed by atoms with van der Waals surface area (Å²) in [5.41, 5.74) is 0.760. The van der Waals surface area contributed by atoms with Gasteiger partial charge >= 0.3 is 0 Å². The van der Waals surface area contributed by atoms with Gasteiger partial charge < -0.3 is 4.90 Å². The van der Waals surface area contributed by atoms with Crippen LogP contribution in [0.1, 0.15) is 48.0 Å². The fourth-order valence-corrected chi connectivity index (χ4v) is 2.86. The second-order valence-corrected chi connectivity index (χ2v) is 5.00. The van der Waals surface area contributed by atoms with E-state index in [2.05, 4.69) is 16.5 Å². The summed E-state index contributed by atoms with van der Waals surface area (Å²) >= 11 is 1.21. The van der Waals surface area contributed by atoms with Crippen LogP contribution in [0.15, 0.2) is 0 Å². The third kappa shape index (κ3) is 2.09. The minimum Gasteiger partial charge on any atom is -0.335 e. The Hall–Kier alpha value is -0.970. The number of likely N-dealkylation sites (tertiary alicyclic amines) is 1. The molecule has 1 fully saturated rings. The Morgan fingerprint density at radius 3 is 3.00 bits per heavy atom. The average Bonchev–Trinajstić information content (AvgIpc) is 2.74. The second-order valence-electron chi connectivity index (χ2n) is 4.24. The first-order chi connectivity index (χ1) is 7.74. The highest BCUT2D eigenvalue weighted by molar-refractivity contribution is 7.07. The molecule has 1 saturated heterocycles. The molecule has 1 amide bonds. The van der Waals surface area contributed by atoms with Crippen LogP contribution in [0.25, 0.3) is 0 Å². The molecule has 0 unspecified atom stereocenters. The van der Waals surface area contributed by atoms with Gasteiger partial charge in [0.05, 0.1) is 5.69 Å². The van der Waals surface area contributed by atoms with Gasteiger partial charge in [0.2, 0.25) is 0 Å². The van der Waals surface area contributed by atoms with Gasteiger partial charge in [-0.25, -0.2) is 0 Å². The Morgan fingerprint density at radius 2 is 2.38 bits per heavy atom. The number of nitrogens with zero attached hydrogens (tertiary/aromatic N) is 3. The molecule has 5 heteroatoms. The van der Waals surface area contributed by atoms with Gasteiger partial charge in [0.1, 0.15) is 4.88 Å². The van der Waals surface area contributed by atoms with Gasteiger partial charge in [0.15, 0.2) is 0 Å². The third-order valence-electron chi connectivity index (χ3n) is 3.21. The van der Waals surface area contributed by atoms with Crippen LogP contribution in [-0.2, 0) is 0 Å². The molecular formula is C11H17N3OS. The predicted molar refractivity (Wildman–Crippen MR) is 63.6 cm³/mol. The molecule has 0 radical (unpaired) electrons. The fraction of sp³-hybridized carbons (Fsp3) is 0.727. The number of carbonyl (C=O) groups excluding carboxylic acids is 1. The lowest BCUT2D eigenvalue weighted by molar-refractivity contribution is 0.0612. The molecule has 16 heavy (non-hydrogen) atoms. The summed E-state index contributed by atoms with van der Waals surface area (Å²) in [6.07, 6.45) is 4.53. The molecule has 0 spiro atoms. The molecule has 2 rings (SSSR count). The number of hydrogen-bond acceptors (Lipinski definition) is 4. The summed E-state index contributed by atoms with van der Waals surface area (Å²) in [7, 11) is 0. The van der Waals surface area contributed by atoms with Crippen molar-refractivity contribution in [2.24, 2.45) is 0 Å². The van der Waals surface area contributed by atoms with Gasteiger partial charge in [0.25, 0.3) is 5.91 Å². The van der Waals surface area contributed by atoms with E-state index in [4.69, 9.17) is 0 Å². The summed E-state index contributed by atoms with van der Waals surface area (Å²) in [4.78, 5) is 15.0. The smallest absolute Gasteiger partial charge is 0.267 e. The lowest BCUT2D eigenvalue weighted by atomic mass is 10.00. The van der Waals surface area contributed by atoms with Crippen LogP contribution in [0.3, 0.4) is 0 Å². The van der Waals surface area contributed by atoms with E-state index in [1.807, 2.05) is 11.8 Å². The molecular weight excluding hydrogens is 222 g/mol. The average molecular weight is 239 g/mol. The maximum absolute atomic E-state index is 12.3. The van der Waals surface area contributed by atoms with Gasteiger partial charge in [-0.3, -0.25) is 4.79 Å². The molecule has 1 aliphatic heterocycles. The molecule has 0 aromatic carbocycles. The molecule has 1 atom stereocenters. The summed E-state index contributed by atoms with van der Waals surface area (Å²) in [6.45, 7) is 4.88.